The molecule has 0 saturated heterocycles. The first kappa shape index (κ1) is 11.6. The molecular formula is C11H11ClN4O. The summed E-state index contributed by atoms with van der Waals surface area (Å²) >= 11 is 5.91. The number of nitrogens with zero attached hydrogens (tertiary/aromatic N) is 3. The van der Waals surface area contributed by atoms with Crippen molar-refractivity contribution in [2.24, 2.45) is 7.05 Å². The Kier molecular flexibility index (Phi) is 3.39. The molecule has 17 heavy (non-hydrogen) atoms. The van der Waals surface area contributed by atoms with Gasteiger partial charge in [-0.25, -0.2) is 4.68 Å². The van der Waals surface area contributed by atoms with E-state index in [2.05, 4.69) is 15.4 Å². The van der Waals surface area contributed by atoms with E-state index in [1.807, 2.05) is 18.2 Å². The van der Waals surface area contributed by atoms with Gasteiger partial charge in [0.25, 0.3) is 5.56 Å². The first-order chi connectivity index (χ1) is 8.18. The Morgan fingerprint density at radius 2 is 2.29 bits per heavy atom. The molecule has 0 bridgehead atoms. The summed E-state index contributed by atoms with van der Waals surface area (Å²) in [6.07, 6.45) is 3.23. The second-order valence-corrected chi connectivity index (χ2v) is 3.85. The lowest BCUT2D eigenvalue weighted by Gasteiger charge is -2.07. The van der Waals surface area contributed by atoms with Crippen LogP contribution in [0.25, 0.3) is 0 Å². The van der Waals surface area contributed by atoms with Gasteiger partial charge < -0.3 is 5.32 Å². The monoisotopic (exact) mass is 250 g/mol. The van der Waals surface area contributed by atoms with Crippen LogP contribution in [-0.2, 0) is 13.6 Å². The van der Waals surface area contributed by atoms with Crippen molar-refractivity contribution in [3.63, 3.8) is 0 Å². The van der Waals surface area contributed by atoms with Gasteiger partial charge in [-0.1, -0.05) is 17.7 Å². The van der Waals surface area contributed by atoms with Gasteiger partial charge in [0, 0.05) is 13.2 Å². The van der Waals surface area contributed by atoms with Crippen LogP contribution >= 0.6 is 11.6 Å². The van der Waals surface area contributed by atoms with Gasteiger partial charge in [-0.3, -0.25) is 9.78 Å². The van der Waals surface area contributed by atoms with Gasteiger partial charge in [-0.15, -0.1) is 0 Å². The molecular weight excluding hydrogens is 240 g/mol. The number of hydrogen-bond donors (Lipinski definition) is 1. The molecule has 0 aromatic carbocycles. The summed E-state index contributed by atoms with van der Waals surface area (Å²) in [5.74, 6) is 0. The first-order valence-electron chi connectivity index (χ1n) is 5.04. The summed E-state index contributed by atoms with van der Waals surface area (Å²) in [6, 6.07) is 5.62. The number of aromatic nitrogens is 3. The largest absolute Gasteiger partial charge is 0.377 e. The van der Waals surface area contributed by atoms with Gasteiger partial charge >= 0.3 is 0 Å². The van der Waals surface area contributed by atoms with Gasteiger partial charge in [-0.05, 0) is 12.1 Å². The topological polar surface area (TPSA) is 59.8 Å². The molecule has 0 spiro atoms. The van der Waals surface area contributed by atoms with Crippen LogP contribution in [0.3, 0.4) is 0 Å². The Labute approximate surface area is 103 Å². The molecule has 1 N–H and O–H groups in total. The quantitative estimate of drug-likeness (QED) is 0.896. The molecule has 0 aliphatic carbocycles. The smallest absolute Gasteiger partial charge is 0.287 e. The van der Waals surface area contributed by atoms with Crippen molar-refractivity contribution in [2.45, 2.75) is 6.54 Å². The molecule has 0 saturated carbocycles. The lowest BCUT2D eigenvalue weighted by atomic mass is 10.3. The van der Waals surface area contributed by atoms with Crippen molar-refractivity contribution >= 4 is 17.3 Å². The molecule has 0 radical (unpaired) electrons. The molecule has 0 atom stereocenters. The maximum atomic E-state index is 11.5. The standard InChI is InChI=1S/C11H11ClN4O/c1-16-11(17)10(12)9(7-15-16)14-6-8-4-2-3-5-13-8/h2-5,7,14H,6H2,1H3. The highest BCUT2D eigenvalue weighted by atomic mass is 35.5. The van der Waals surface area contributed by atoms with E-state index >= 15 is 0 Å². The minimum absolute atomic E-state index is 0.137. The van der Waals surface area contributed by atoms with E-state index < -0.39 is 0 Å². The molecule has 2 rings (SSSR count). The predicted molar refractivity (Wildman–Crippen MR) is 66.1 cm³/mol. The summed E-state index contributed by atoms with van der Waals surface area (Å²) < 4.78 is 1.19. The van der Waals surface area contributed by atoms with Crippen LogP contribution in [0.2, 0.25) is 5.02 Å². The Morgan fingerprint density at radius 1 is 1.47 bits per heavy atom. The number of hydrogen-bond acceptors (Lipinski definition) is 4. The van der Waals surface area contributed by atoms with Crippen LogP contribution in [0.1, 0.15) is 5.69 Å². The molecule has 5 nitrogen and oxygen atoms in total. The van der Waals surface area contributed by atoms with Crippen molar-refractivity contribution in [2.75, 3.05) is 5.32 Å². The number of nitrogens with one attached hydrogen (secondary N) is 1. The molecule has 2 heterocycles. The normalized spacial score (nSPS) is 10.2. The average Bonchev–Trinajstić information content (AvgIpc) is 2.36. The average molecular weight is 251 g/mol. The third-order valence-electron chi connectivity index (χ3n) is 2.26. The van der Waals surface area contributed by atoms with E-state index in [1.54, 1.807) is 13.2 Å². The third kappa shape index (κ3) is 2.62. The minimum atomic E-state index is -0.322. The molecule has 2 aromatic heterocycles. The zero-order chi connectivity index (χ0) is 12.3. The number of aryl methyl sites for hydroxylation is 1. The van der Waals surface area contributed by atoms with Crippen molar-refractivity contribution < 1.29 is 0 Å². The molecule has 0 amide bonds. The van der Waals surface area contributed by atoms with Crippen LogP contribution in [0.15, 0.2) is 35.4 Å². The SMILES string of the molecule is Cn1ncc(NCc2ccccn2)c(Cl)c1=O. The fraction of sp³-hybridized carbons (Fsp3) is 0.182. The van der Waals surface area contributed by atoms with Crippen LogP contribution in [0.4, 0.5) is 5.69 Å². The predicted octanol–water partition coefficient (Wildman–Crippen LogP) is 1.44. The van der Waals surface area contributed by atoms with E-state index in [-0.39, 0.29) is 10.6 Å². The molecule has 0 aliphatic heterocycles. The van der Waals surface area contributed by atoms with Crippen LogP contribution in [0.5, 0.6) is 0 Å². The first-order valence-corrected chi connectivity index (χ1v) is 5.42. The zero-order valence-corrected chi connectivity index (χ0v) is 9.98. The lowest BCUT2D eigenvalue weighted by molar-refractivity contribution is 0.708. The summed E-state index contributed by atoms with van der Waals surface area (Å²) in [7, 11) is 1.55. The molecule has 2 aromatic rings. The second kappa shape index (κ2) is 4.97. The van der Waals surface area contributed by atoms with Crippen molar-refractivity contribution in [3.05, 3.63) is 51.7 Å². The summed E-state index contributed by atoms with van der Waals surface area (Å²) in [5.41, 5.74) is 1.06. The van der Waals surface area contributed by atoms with Gasteiger partial charge in [-0.2, -0.15) is 5.10 Å². The minimum Gasteiger partial charge on any atom is -0.377 e. The van der Waals surface area contributed by atoms with E-state index in [9.17, 15) is 4.79 Å². The molecule has 0 fully saturated rings. The van der Waals surface area contributed by atoms with Crippen LogP contribution < -0.4 is 10.9 Å². The van der Waals surface area contributed by atoms with Gasteiger partial charge in [0.15, 0.2) is 0 Å². The van der Waals surface area contributed by atoms with E-state index in [1.165, 1.54) is 10.9 Å². The lowest BCUT2D eigenvalue weighted by Crippen LogP contribution is -2.21. The maximum Gasteiger partial charge on any atom is 0.287 e. The number of pyridine rings is 1. The zero-order valence-electron chi connectivity index (χ0n) is 9.22. The van der Waals surface area contributed by atoms with E-state index in [0.29, 0.717) is 12.2 Å². The molecule has 6 heteroatoms. The fourth-order valence-corrected chi connectivity index (χ4v) is 1.56. The summed E-state index contributed by atoms with van der Waals surface area (Å²) in [4.78, 5) is 15.7. The Morgan fingerprint density at radius 3 is 3.00 bits per heavy atom. The van der Waals surface area contributed by atoms with Gasteiger partial charge in [0.05, 0.1) is 24.1 Å². The van der Waals surface area contributed by atoms with Crippen molar-refractivity contribution in [1.29, 1.82) is 0 Å². The highest BCUT2D eigenvalue weighted by Gasteiger charge is 2.06. The maximum absolute atomic E-state index is 11.5. The van der Waals surface area contributed by atoms with Gasteiger partial charge in [0.2, 0.25) is 0 Å². The fourth-order valence-electron chi connectivity index (χ4n) is 1.32. The highest BCUT2D eigenvalue weighted by Crippen LogP contribution is 2.15. The van der Waals surface area contributed by atoms with Crippen molar-refractivity contribution in [3.8, 4) is 0 Å². The van der Waals surface area contributed by atoms with Crippen LogP contribution in [-0.4, -0.2) is 14.8 Å². The highest BCUT2D eigenvalue weighted by molar-refractivity contribution is 6.32. The number of rotatable bonds is 3. The van der Waals surface area contributed by atoms with Crippen LogP contribution in [0, 0.1) is 0 Å². The summed E-state index contributed by atoms with van der Waals surface area (Å²) in [6.45, 7) is 0.495. The Hall–Kier alpha value is -1.88. The third-order valence-corrected chi connectivity index (χ3v) is 2.63. The Balaban J connectivity index is 2.15. The number of halogens is 1. The summed E-state index contributed by atoms with van der Waals surface area (Å²) in [5, 5.41) is 7.05. The Bertz CT molecular complexity index is 567. The molecule has 0 unspecified atom stereocenters. The van der Waals surface area contributed by atoms with Crippen molar-refractivity contribution in [1.82, 2.24) is 14.8 Å². The second-order valence-electron chi connectivity index (χ2n) is 3.48. The number of anilines is 1. The molecule has 0 aliphatic rings. The van der Waals surface area contributed by atoms with E-state index in [4.69, 9.17) is 11.6 Å². The van der Waals surface area contributed by atoms with E-state index in [0.717, 1.165) is 5.69 Å². The molecule has 88 valence electrons. The van der Waals surface area contributed by atoms with Gasteiger partial charge in [0.1, 0.15) is 5.02 Å².